The minimum atomic E-state index is -0.0194. The van der Waals surface area contributed by atoms with Crippen LogP contribution in [-0.2, 0) is 21.7 Å². The molecular formula is C66H66N2. The third kappa shape index (κ3) is 8.08. The van der Waals surface area contributed by atoms with Gasteiger partial charge in [0, 0.05) is 34.1 Å². The van der Waals surface area contributed by atoms with Crippen molar-refractivity contribution in [3.05, 3.63) is 204 Å². The Hall–Kier alpha value is -6.90. The normalized spacial score (nSPS) is 12.7. The molecule has 0 aliphatic heterocycles. The highest BCUT2D eigenvalue weighted by molar-refractivity contribution is 6.39. The summed E-state index contributed by atoms with van der Waals surface area (Å²) in [4.78, 5) is 4.92. The first-order valence-corrected chi connectivity index (χ1v) is 24.5. The lowest BCUT2D eigenvalue weighted by Crippen LogP contribution is -2.19. The molecule has 0 saturated carbocycles. The van der Waals surface area contributed by atoms with Crippen molar-refractivity contribution in [3.63, 3.8) is 0 Å². The molecule has 0 bridgehead atoms. The molecule has 340 valence electrons. The van der Waals surface area contributed by atoms with E-state index in [9.17, 15) is 0 Å². The lowest BCUT2D eigenvalue weighted by Gasteiger charge is -2.31. The number of para-hydroxylation sites is 2. The molecule has 10 aromatic rings. The number of fused-ring (bicyclic) bond motifs is 11. The van der Waals surface area contributed by atoms with E-state index < -0.39 is 0 Å². The highest BCUT2D eigenvalue weighted by Crippen LogP contribution is 2.49. The predicted molar refractivity (Wildman–Crippen MR) is 298 cm³/mol. The first kappa shape index (κ1) is 44.9. The van der Waals surface area contributed by atoms with Crippen molar-refractivity contribution < 1.29 is 0 Å². The van der Waals surface area contributed by atoms with E-state index in [1.807, 2.05) is 0 Å². The van der Waals surface area contributed by atoms with E-state index in [0.29, 0.717) is 0 Å². The van der Waals surface area contributed by atoms with E-state index in [1.165, 1.54) is 87.5 Å². The van der Waals surface area contributed by atoms with Crippen molar-refractivity contribution in [2.24, 2.45) is 0 Å². The Balaban J connectivity index is 1.25. The van der Waals surface area contributed by atoms with Gasteiger partial charge in [-0.3, -0.25) is 0 Å². The van der Waals surface area contributed by atoms with Gasteiger partial charge in [0.2, 0.25) is 0 Å². The maximum absolute atomic E-state index is 2.46. The van der Waals surface area contributed by atoms with Gasteiger partial charge in [-0.1, -0.05) is 192 Å². The van der Waals surface area contributed by atoms with Crippen LogP contribution in [0.2, 0.25) is 0 Å². The molecule has 0 unspecified atom stereocenters. The topological polar surface area (TPSA) is 6.48 Å². The van der Waals surface area contributed by atoms with Crippen LogP contribution in [-0.4, -0.2) is 0 Å². The Morgan fingerprint density at radius 3 is 0.809 bits per heavy atom. The second-order valence-electron chi connectivity index (χ2n) is 23.2. The summed E-state index contributed by atoms with van der Waals surface area (Å²) < 4.78 is 0. The van der Waals surface area contributed by atoms with Crippen LogP contribution in [0.3, 0.4) is 0 Å². The van der Waals surface area contributed by atoms with Crippen LogP contribution in [0.4, 0.5) is 34.1 Å². The van der Waals surface area contributed by atoms with E-state index in [4.69, 9.17) is 0 Å². The quantitative estimate of drug-likeness (QED) is 0.154. The summed E-state index contributed by atoms with van der Waals surface area (Å²) in [6.07, 6.45) is 0. The van der Waals surface area contributed by atoms with E-state index >= 15 is 0 Å². The molecule has 0 amide bonds. The van der Waals surface area contributed by atoms with Gasteiger partial charge in [0.05, 0.1) is 0 Å². The molecule has 0 radical (unpaired) electrons. The minimum absolute atomic E-state index is 0.0194. The van der Waals surface area contributed by atoms with Crippen molar-refractivity contribution in [2.75, 3.05) is 9.80 Å². The lowest BCUT2D eigenvalue weighted by molar-refractivity contribution is 0.568. The molecule has 0 atom stereocenters. The Bertz CT molecular complexity index is 3230. The second-order valence-corrected chi connectivity index (χ2v) is 23.2. The van der Waals surface area contributed by atoms with Crippen LogP contribution in [0.15, 0.2) is 182 Å². The molecule has 0 fully saturated rings. The summed E-state index contributed by atoms with van der Waals surface area (Å²) in [7, 11) is 0. The number of benzene rings is 10. The highest BCUT2D eigenvalue weighted by atomic mass is 15.1. The van der Waals surface area contributed by atoms with Gasteiger partial charge in [0.1, 0.15) is 0 Å². The summed E-state index contributed by atoms with van der Waals surface area (Å²) in [6.45, 7) is 27.8. The number of hydrogen-bond acceptors (Lipinski definition) is 2. The summed E-state index contributed by atoms with van der Waals surface area (Å²) in [5.41, 5.74) is 12.2. The SMILES string of the molecule is CC(C)(C)c1cc(N(c2ccccc2)c2ccc3c(c2)c2ccccc2c2c4ccc(N(c5ccccc5)c5cc(C(C)(C)C)cc(C(C)(C)C)c5)cc4c4ccccc4c32)cc(C(C)(C)C)c1. The number of anilines is 6. The van der Waals surface area contributed by atoms with Gasteiger partial charge in [-0.15, -0.1) is 0 Å². The summed E-state index contributed by atoms with van der Waals surface area (Å²) >= 11 is 0. The molecule has 0 spiro atoms. The van der Waals surface area contributed by atoms with Gasteiger partial charge < -0.3 is 9.80 Å². The fourth-order valence-corrected chi connectivity index (χ4v) is 10.2. The zero-order chi connectivity index (χ0) is 47.9. The Kier molecular flexibility index (Phi) is 10.8. The van der Waals surface area contributed by atoms with Gasteiger partial charge >= 0.3 is 0 Å². The number of nitrogens with zero attached hydrogens (tertiary/aromatic N) is 2. The monoisotopic (exact) mass is 887 g/mol. The molecule has 2 nitrogen and oxygen atoms in total. The van der Waals surface area contributed by atoms with E-state index in [1.54, 1.807) is 0 Å². The summed E-state index contributed by atoms with van der Waals surface area (Å²) in [5, 5.41) is 12.6. The first-order chi connectivity index (χ1) is 32.3. The largest absolute Gasteiger partial charge is 0.310 e. The maximum Gasteiger partial charge on any atom is 0.0468 e. The Morgan fingerprint density at radius 2 is 0.500 bits per heavy atom. The van der Waals surface area contributed by atoms with Gasteiger partial charge in [-0.2, -0.15) is 0 Å². The van der Waals surface area contributed by atoms with Crippen molar-refractivity contribution in [1.82, 2.24) is 0 Å². The van der Waals surface area contributed by atoms with Gasteiger partial charge in [0.15, 0.2) is 0 Å². The third-order valence-electron chi connectivity index (χ3n) is 14.1. The van der Waals surface area contributed by atoms with E-state index in [-0.39, 0.29) is 21.7 Å². The van der Waals surface area contributed by atoms with Crippen molar-refractivity contribution in [3.8, 4) is 0 Å². The molecule has 0 aliphatic rings. The van der Waals surface area contributed by atoms with Crippen molar-refractivity contribution >= 4 is 88.0 Å². The molecular weight excluding hydrogens is 821 g/mol. The molecule has 10 aromatic carbocycles. The first-order valence-electron chi connectivity index (χ1n) is 24.5. The molecule has 0 aliphatic carbocycles. The third-order valence-corrected chi connectivity index (χ3v) is 14.1. The standard InChI is InChI=1S/C66H66N2/c1-63(2,3)43-35-44(64(4,5)6)38-51(37-43)67(47-23-15-13-16-24-47)49-31-33-57-59(41-49)53-27-19-21-29-55(53)62-58-34-32-50(42-60(58)54-28-20-22-30-56(54)61(57)62)68(48-25-17-14-18-26-48)52-39-45(65(7,8)9)36-46(40-52)66(10,11)12/h13-42H,1-12H3. The Labute approximate surface area is 404 Å². The Morgan fingerprint density at radius 1 is 0.221 bits per heavy atom. The lowest BCUT2D eigenvalue weighted by atomic mass is 9.80. The average molecular weight is 887 g/mol. The molecule has 0 N–H and O–H groups in total. The van der Waals surface area contributed by atoms with Crippen molar-refractivity contribution in [1.29, 1.82) is 0 Å². The summed E-state index contributed by atoms with van der Waals surface area (Å²) in [5.74, 6) is 0. The van der Waals surface area contributed by atoms with E-state index in [0.717, 1.165) is 22.7 Å². The minimum Gasteiger partial charge on any atom is -0.310 e. The fraction of sp³-hybridized carbons (Fsp3) is 0.242. The van der Waals surface area contributed by atoms with E-state index in [2.05, 4.69) is 275 Å². The smallest absolute Gasteiger partial charge is 0.0468 e. The molecule has 68 heavy (non-hydrogen) atoms. The van der Waals surface area contributed by atoms with Crippen LogP contribution < -0.4 is 9.80 Å². The van der Waals surface area contributed by atoms with Gasteiger partial charge in [-0.05, 0) is 171 Å². The zero-order valence-corrected chi connectivity index (χ0v) is 42.2. The maximum atomic E-state index is 2.46. The van der Waals surface area contributed by atoms with Gasteiger partial charge in [-0.25, -0.2) is 0 Å². The zero-order valence-electron chi connectivity index (χ0n) is 42.2. The van der Waals surface area contributed by atoms with Crippen LogP contribution in [0.25, 0.3) is 53.9 Å². The molecule has 0 aromatic heterocycles. The van der Waals surface area contributed by atoms with Crippen LogP contribution >= 0.6 is 0 Å². The highest BCUT2D eigenvalue weighted by Gasteiger charge is 2.27. The molecule has 10 rings (SSSR count). The number of rotatable bonds is 6. The molecule has 2 heteroatoms. The second kappa shape index (κ2) is 16.4. The fourth-order valence-electron chi connectivity index (χ4n) is 10.2. The van der Waals surface area contributed by atoms with Gasteiger partial charge in [0.25, 0.3) is 0 Å². The average Bonchev–Trinajstić information content (AvgIpc) is 3.31. The van der Waals surface area contributed by atoms with Crippen LogP contribution in [0.5, 0.6) is 0 Å². The van der Waals surface area contributed by atoms with Crippen molar-refractivity contribution in [2.45, 2.75) is 105 Å². The number of hydrogen-bond donors (Lipinski definition) is 0. The molecule has 0 heterocycles. The molecule has 0 saturated heterocycles. The summed E-state index contributed by atoms with van der Waals surface area (Å²) in [6, 6.07) is 68.8. The van der Waals surface area contributed by atoms with Crippen LogP contribution in [0.1, 0.15) is 105 Å². The van der Waals surface area contributed by atoms with Crippen LogP contribution in [0, 0.1) is 0 Å². The predicted octanol–water partition coefficient (Wildman–Crippen LogP) is 19.6.